The van der Waals surface area contributed by atoms with Crippen molar-refractivity contribution < 1.29 is 19.1 Å². The van der Waals surface area contributed by atoms with Gasteiger partial charge in [0.15, 0.2) is 6.61 Å². The van der Waals surface area contributed by atoms with Gasteiger partial charge in [-0.2, -0.15) is 0 Å². The maximum absolute atomic E-state index is 12.7. The number of halogens is 2. The van der Waals surface area contributed by atoms with Crippen molar-refractivity contribution >= 4 is 52.4 Å². The summed E-state index contributed by atoms with van der Waals surface area (Å²) in [7, 11) is 0. The Morgan fingerprint density at radius 1 is 1.33 bits per heavy atom. The molecule has 0 bridgehead atoms. The Morgan fingerprint density at radius 3 is 2.81 bits per heavy atom. The summed E-state index contributed by atoms with van der Waals surface area (Å²) in [6.45, 7) is 1.26. The van der Waals surface area contributed by atoms with Gasteiger partial charge in [-0.1, -0.05) is 35.3 Å². The third kappa shape index (κ3) is 4.20. The molecular weight excluding hydrogens is 393 g/mol. The number of rotatable bonds is 3. The van der Waals surface area contributed by atoms with Crippen molar-refractivity contribution in [1.29, 1.82) is 0 Å². The maximum Gasteiger partial charge on any atom is 0.340 e. The zero-order valence-corrected chi connectivity index (χ0v) is 15.8. The molecule has 1 atom stereocenters. The fourth-order valence-corrected chi connectivity index (χ4v) is 3.05. The quantitative estimate of drug-likeness (QED) is 0.622. The highest BCUT2D eigenvalue weighted by Crippen LogP contribution is 2.31. The van der Waals surface area contributed by atoms with Crippen LogP contribution in [0, 0.1) is 0 Å². The second-order valence-electron chi connectivity index (χ2n) is 5.95. The molecule has 2 heterocycles. The highest BCUT2D eigenvalue weighted by atomic mass is 35.5. The lowest BCUT2D eigenvalue weighted by Crippen LogP contribution is -2.41. The Morgan fingerprint density at radius 2 is 2.07 bits per heavy atom. The van der Waals surface area contributed by atoms with Crippen molar-refractivity contribution in [3.8, 4) is 0 Å². The van der Waals surface area contributed by atoms with Gasteiger partial charge in [0.25, 0.3) is 5.91 Å². The van der Waals surface area contributed by atoms with Crippen LogP contribution in [-0.2, 0) is 14.3 Å². The Bertz CT molecular complexity index is 919. The van der Waals surface area contributed by atoms with Crippen molar-refractivity contribution in [2.75, 3.05) is 16.8 Å². The lowest BCUT2D eigenvalue weighted by molar-refractivity contribution is -0.122. The molecule has 0 spiro atoms. The summed E-state index contributed by atoms with van der Waals surface area (Å²) in [6, 6.07) is 7.87. The number of amides is 2. The van der Waals surface area contributed by atoms with E-state index in [2.05, 4.69) is 10.3 Å². The molecule has 2 amide bonds. The smallest absolute Gasteiger partial charge is 0.340 e. The monoisotopic (exact) mass is 407 g/mol. The summed E-state index contributed by atoms with van der Waals surface area (Å²) in [5.41, 5.74) is 1.16. The average molecular weight is 408 g/mol. The third-order valence-corrected chi connectivity index (χ3v) is 4.67. The number of aromatic nitrogens is 1. The van der Waals surface area contributed by atoms with Crippen LogP contribution < -0.4 is 10.2 Å². The fourth-order valence-electron chi connectivity index (χ4n) is 2.78. The Labute approximate surface area is 165 Å². The van der Waals surface area contributed by atoms with Gasteiger partial charge in [0.05, 0.1) is 22.0 Å². The van der Waals surface area contributed by atoms with Gasteiger partial charge in [-0.3, -0.25) is 9.59 Å². The van der Waals surface area contributed by atoms with E-state index in [4.69, 9.17) is 27.9 Å². The molecule has 0 unspecified atom stereocenters. The van der Waals surface area contributed by atoms with Gasteiger partial charge in [0, 0.05) is 18.7 Å². The molecule has 1 aliphatic heterocycles. The Kier molecular flexibility index (Phi) is 5.62. The molecule has 2 aromatic rings. The minimum absolute atomic E-state index is 0.0662. The van der Waals surface area contributed by atoms with Gasteiger partial charge in [-0.05, 0) is 25.1 Å². The van der Waals surface area contributed by atoms with E-state index in [9.17, 15) is 14.4 Å². The minimum atomic E-state index is -0.751. The normalized spacial score (nSPS) is 16.2. The summed E-state index contributed by atoms with van der Waals surface area (Å²) in [5, 5.41) is 2.94. The van der Waals surface area contributed by atoms with Crippen LogP contribution in [0.5, 0.6) is 0 Å². The van der Waals surface area contributed by atoms with E-state index >= 15 is 0 Å². The van der Waals surface area contributed by atoms with Crippen LogP contribution in [-0.4, -0.2) is 35.4 Å². The van der Waals surface area contributed by atoms with Gasteiger partial charge >= 0.3 is 5.97 Å². The van der Waals surface area contributed by atoms with Crippen LogP contribution in [0.15, 0.2) is 36.5 Å². The summed E-state index contributed by atoms with van der Waals surface area (Å²) in [4.78, 5) is 42.1. The number of esters is 1. The maximum atomic E-state index is 12.7. The van der Waals surface area contributed by atoms with Crippen molar-refractivity contribution in [3.05, 3.63) is 52.3 Å². The summed E-state index contributed by atoms with van der Waals surface area (Å²) in [5.74, 6) is -1.39. The number of pyridine rings is 1. The van der Waals surface area contributed by atoms with E-state index in [1.807, 2.05) is 0 Å². The van der Waals surface area contributed by atoms with E-state index in [1.165, 1.54) is 17.2 Å². The second-order valence-corrected chi connectivity index (χ2v) is 6.72. The summed E-state index contributed by atoms with van der Waals surface area (Å²) >= 11 is 11.5. The number of carbonyl (C=O) groups is 3. The first kappa shape index (κ1) is 19.1. The van der Waals surface area contributed by atoms with E-state index < -0.39 is 24.5 Å². The highest BCUT2D eigenvalue weighted by molar-refractivity contribution is 6.41. The molecule has 1 aliphatic rings. The largest absolute Gasteiger partial charge is 0.452 e. The molecule has 0 saturated carbocycles. The number of benzene rings is 1. The van der Waals surface area contributed by atoms with Gasteiger partial charge in [0.1, 0.15) is 5.15 Å². The van der Waals surface area contributed by atoms with E-state index in [0.29, 0.717) is 11.4 Å². The van der Waals surface area contributed by atoms with E-state index in [1.54, 1.807) is 31.2 Å². The molecule has 0 aliphatic carbocycles. The zero-order valence-electron chi connectivity index (χ0n) is 14.2. The molecule has 1 aromatic carbocycles. The number of nitrogens with one attached hydrogen (secondary N) is 1. The van der Waals surface area contributed by atoms with Crippen LogP contribution in [0.1, 0.15) is 23.7 Å². The molecule has 0 saturated heterocycles. The number of hydrogen-bond acceptors (Lipinski definition) is 5. The molecule has 7 nitrogen and oxygen atoms in total. The molecule has 27 heavy (non-hydrogen) atoms. The van der Waals surface area contributed by atoms with Crippen LogP contribution in [0.4, 0.5) is 11.4 Å². The summed E-state index contributed by atoms with van der Waals surface area (Å²) in [6.07, 6.45) is 1.35. The predicted octanol–water partition coefficient (Wildman–Crippen LogP) is 3.31. The SMILES string of the molecule is C[C@@H]1CC(=O)Nc2ccccc2N1C(=O)COC(=O)c1cnc(Cl)c(Cl)c1. The lowest BCUT2D eigenvalue weighted by atomic mass is 10.1. The third-order valence-electron chi connectivity index (χ3n) is 3.99. The molecule has 9 heteroatoms. The molecule has 1 N–H and O–H groups in total. The molecule has 0 fully saturated rings. The standard InChI is InChI=1S/C18H15Cl2N3O4/c1-10-6-15(24)22-13-4-2-3-5-14(13)23(10)16(25)9-27-18(26)11-7-12(19)17(20)21-8-11/h2-5,7-8,10H,6,9H2,1H3,(H,22,24)/t10-/m1/s1. The predicted molar refractivity (Wildman–Crippen MR) is 101 cm³/mol. The number of carbonyl (C=O) groups excluding carboxylic acids is 3. The van der Waals surface area contributed by atoms with E-state index in [-0.39, 0.29) is 28.1 Å². The van der Waals surface area contributed by atoms with Crippen LogP contribution >= 0.6 is 23.2 Å². The first-order valence-corrected chi connectivity index (χ1v) is 8.81. The molecule has 0 radical (unpaired) electrons. The topological polar surface area (TPSA) is 88.6 Å². The molecule has 1 aromatic heterocycles. The van der Waals surface area contributed by atoms with Crippen molar-refractivity contribution in [1.82, 2.24) is 4.98 Å². The molecular formula is C18H15Cl2N3O4. The molecule has 140 valence electrons. The minimum Gasteiger partial charge on any atom is -0.452 e. The second kappa shape index (κ2) is 7.94. The van der Waals surface area contributed by atoms with Crippen LogP contribution in [0.25, 0.3) is 0 Å². The number of nitrogens with zero attached hydrogens (tertiary/aromatic N) is 2. The zero-order chi connectivity index (χ0) is 19.6. The first-order chi connectivity index (χ1) is 12.9. The number of hydrogen-bond donors (Lipinski definition) is 1. The molecule has 3 rings (SSSR count). The number of fused-ring (bicyclic) bond motifs is 1. The van der Waals surface area contributed by atoms with Gasteiger partial charge in [-0.15, -0.1) is 0 Å². The van der Waals surface area contributed by atoms with Crippen LogP contribution in [0.2, 0.25) is 10.2 Å². The number of ether oxygens (including phenoxy) is 1. The highest BCUT2D eigenvalue weighted by Gasteiger charge is 2.30. The van der Waals surface area contributed by atoms with Gasteiger partial charge in [0.2, 0.25) is 5.91 Å². The summed E-state index contributed by atoms with van der Waals surface area (Å²) < 4.78 is 5.09. The number of anilines is 2. The lowest BCUT2D eigenvalue weighted by Gasteiger charge is -2.27. The van der Waals surface area contributed by atoms with E-state index in [0.717, 1.165) is 0 Å². The van der Waals surface area contributed by atoms with Crippen molar-refractivity contribution in [3.63, 3.8) is 0 Å². The van der Waals surface area contributed by atoms with Gasteiger partial charge < -0.3 is 15.0 Å². The van der Waals surface area contributed by atoms with Crippen molar-refractivity contribution in [2.24, 2.45) is 0 Å². The Hall–Kier alpha value is -2.64. The fraction of sp³-hybridized carbons (Fsp3) is 0.222. The van der Waals surface area contributed by atoms with Gasteiger partial charge in [-0.25, -0.2) is 9.78 Å². The Balaban J connectivity index is 1.76. The average Bonchev–Trinajstić information content (AvgIpc) is 2.76. The number of para-hydroxylation sites is 2. The first-order valence-electron chi connectivity index (χ1n) is 8.06. The van der Waals surface area contributed by atoms with Crippen LogP contribution in [0.3, 0.4) is 0 Å². The van der Waals surface area contributed by atoms with Crippen molar-refractivity contribution in [2.45, 2.75) is 19.4 Å².